The van der Waals surface area contributed by atoms with Crippen LogP contribution in [0.1, 0.15) is 38.3 Å². The highest BCUT2D eigenvalue weighted by Gasteiger charge is 2.15. The number of benzene rings is 1. The average molecular weight is 261 g/mol. The molecule has 2 nitrogen and oxygen atoms in total. The van der Waals surface area contributed by atoms with Gasteiger partial charge in [0.25, 0.3) is 0 Å². The van der Waals surface area contributed by atoms with Crippen LogP contribution in [0.15, 0.2) is 18.2 Å². The maximum Gasteiger partial charge on any atom is 0.0477 e. The van der Waals surface area contributed by atoms with Crippen molar-refractivity contribution >= 4 is 23.2 Å². The molecule has 4 heteroatoms. The van der Waals surface area contributed by atoms with Gasteiger partial charge < -0.3 is 0 Å². The molecule has 1 rings (SSSR count). The Morgan fingerprint density at radius 1 is 1.38 bits per heavy atom. The van der Waals surface area contributed by atoms with E-state index in [4.69, 9.17) is 29.0 Å². The Bertz CT molecular complexity index is 342. The predicted octanol–water partition coefficient (Wildman–Crippen LogP) is 3.93. The van der Waals surface area contributed by atoms with Crippen molar-refractivity contribution in [1.82, 2.24) is 5.43 Å². The smallest absolute Gasteiger partial charge is 0.0477 e. The van der Waals surface area contributed by atoms with Gasteiger partial charge in [-0.05, 0) is 30.0 Å². The van der Waals surface area contributed by atoms with Crippen LogP contribution < -0.4 is 11.3 Å². The molecule has 0 saturated carbocycles. The fourth-order valence-electron chi connectivity index (χ4n) is 1.64. The predicted molar refractivity (Wildman–Crippen MR) is 70.6 cm³/mol. The van der Waals surface area contributed by atoms with E-state index in [1.54, 1.807) is 6.07 Å². The van der Waals surface area contributed by atoms with E-state index in [1.165, 1.54) is 0 Å². The van der Waals surface area contributed by atoms with Crippen molar-refractivity contribution in [2.24, 2.45) is 11.8 Å². The quantitative estimate of drug-likeness (QED) is 0.622. The van der Waals surface area contributed by atoms with Gasteiger partial charge in [-0.25, -0.2) is 0 Å². The number of hydrogen-bond donors (Lipinski definition) is 2. The lowest BCUT2D eigenvalue weighted by Crippen LogP contribution is -2.29. The minimum Gasteiger partial charge on any atom is -0.271 e. The minimum atomic E-state index is 0.0831. The highest BCUT2D eigenvalue weighted by Crippen LogP contribution is 2.30. The Hall–Kier alpha value is -0.280. The third-order valence-electron chi connectivity index (χ3n) is 2.87. The molecule has 0 amide bonds. The summed E-state index contributed by atoms with van der Waals surface area (Å²) < 4.78 is 0. The molecule has 0 aromatic heterocycles. The molecule has 1 aromatic carbocycles. The van der Waals surface area contributed by atoms with Crippen LogP contribution in [0.5, 0.6) is 0 Å². The Kier molecular flexibility index (Phi) is 5.56. The molecule has 0 bridgehead atoms. The standard InChI is InChI=1S/C12H18Cl2N2/c1-3-8(2)6-12(16-15)10-5-4-9(13)7-11(10)14/h4-5,7-8,12,16H,3,6,15H2,1-2H3. The van der Waals surface area contributed by atoms with E-state index in [-0.39, 0.29) is 6.04 Å². The van der Waals surface area contributed by atoms with Gasteiger partial charge >= 0.3 is 0 Å². The lowest BCUT2D eigenvalue weighted by Gasteiger charge is -2.21. The van der Waals surface area contributed by atoms with Gasteiger partial charge in [-0.15, -0.1) is 0 Å². The molecule has 16 heavy (non-hydrogen) atoms. The van der Waals surface area contributed by atoms with Crippen molar-refractivity contribution in [2.75, 3.05) is 0 Å². The van der Waals surface area contributed by atoms with Crippen molar-refractivity contribution in [1.29, 1.82) is 0 Å². The molecule has 0 aliphatic heterocycles. The zero-order valence-corrected chi connectivity index (χ0v) is 11.1. The second-order valence-corrected chi connectivity index (χ2v) is 4.98. The molecule has 90 valence electrons. The van der Waals surface area contributed by atoms with Gasteiger partial charge in [-0.3, -0.25) is 11.3 Å². The lowest BCUT2D eigenvalue weighted by atomic mass is 9.95. The summed E-state index contributed by atoms with van der Waals surface area (Å²) in [5.41, 5.74) is 3.82. The Balaban J connectivity index is 2.86. The van der Waals surface area contributed by atoms with E-state index in [0.29, 0.717) is 16.0 Å². The topological polar surface area (TPSA) is 38.0 Å². The van der Waals surface area contributed by atoms with Crippen LogP contribution in [0.3, 0.4) is 0 Å². The van der Waals surface area contributed by atoms with E-state index in [1.807, 2.05) is 12.1 Å². The molecule has 1 aromatic rings. The van der Waals surface area contributed by atoms with E-state index >= 15 is 0 Å². The molecule has 0 radical (unpaired) electrons. The first-order chi connectivity index (χ1) is 7.58. The fraction of sp³-hybridized carbons (Fsp3) is 0.500. The molecule has 0 aliphatic carbocycles. The summed E-state index contributed by atoms with van der Waals surface area (Å²) >= 11 is 12.0. The lowest BCUT2D eigenvalue weighted by molar-refractivity contribution is 0.408. The van der Waals surface area contributed by atoms with Crippen LogP contribution in [0.25, 0.3) is 0 Å². The number of nitrogens with two attached hydrogens (primary N) is 1. The second-order valence-electron chi connectivity index (χ2n) is 4.13. The van der Waals surface area contributed by atoms with Gasteiger partial charge in [-0.2, -0.15) is 0 Å². The number of hydrazine groups is 1. The summed E-state index contributed by atoms with van der Waals surface area (Å²) in [5.74, 6) is 6.18. The maximum atomic E-state index is 6.15. The first-order valence-corrected chi connectivity index (χ1v) is 6.25. The van der Waals surface area contributed by atoms with Gasteiger partial charge in [0.05, 0.1) is 0 Å². The van der Waals surface area contributed by atoms with E-state index < -0.39 is 0 Å². The average Bonchev–Trinajstić information content (AvgIpc) is 2.26. The summed E-state index contributed by atoms with van der Waals surface area (Å²) in [5, 5.41) is 1.31. The molecule has 2 unspecified atom stereocenters. The van der Waals surface area contributed by atoms with Crippen LogP contribution in [-0.4, -0.2) is 0 Å². The van der Waals surface area contributed by atoms with Crippen molar-refractivity contribution in [3.63, 3.8) is 0 Å². The van der Waals surface area contributed by atoms with Crippen LogP contribution in [0, 0.1) is 5.92 Å². The zero-order chi connectivity index (χ0) is 12.1. The summed E-state index contributed by atoms with van der Waals surface area (Å²) in [4.78, 5) is 0. The largest absolute Gasteiger partial charge is 0.271 e. The SMILES string of the molecule is CCC(C)CC(NN)c1ccc(Cl)cc1Cl. The number of halogens is 2. The van der Waals surface area contributed by atoms with Gasteiger partial charge in [0.1, 0.15) is 0 Å². The first-order valence-electron chi connectivity index (χ1n) is 5.49. The Morgan fingerprint density at radius 3 is 2.56 bits per heavy atom. The number of hydrogen-bond acceptors (Lipinski definition) is 2. The van der Waals surface area contributed by atoms with Gasteiger partial charge in [0, 0.05) is 16.1 Å². The highest BCUT2D eigenvalue weighted by atomic mass is 35.5. The van der Waals surface area contributed by atoms with Gasteiger partial charge in [-0.1, -0.05) is 49.5 Å². The summed E-state index contributed by atoms with van der Waals surface area (Å²) in [6.45, 7) is 4.37. The maximum absolute atomic E-state index is 6.15. The Morgan fingerprint density at radius 2 is 2.06 bits per heavy atom. The summed E-state index contributed by atoms with van der Waals surface area (Å²) in [7, 11) is 0. The number of nitrogens with one attached hydrogen (secondary N) is 1. The minimum absolute atomic E-state index is 0.0831. The molecule has 0 heterocycles. The molecule has 2 atom stereocenters. The third-order valence-corrected chi connectivity index (χ3v) is 3.44. The molecule has 0 saturated heterocycles. The zero-order valence-electron chi connectivity index (χ0n) is 9.63. The molecule has 0 aliphatic rings. The van der Waals surface area contributed by atoms with Gasteiger partial charge in [0.2, 0.25) is 0 Å². The number of rotatable bonds is 5. The summed E-state index contributed by atoms with van der Waals surface area (Å²) in [6.07, 6.45) is 2.09. The van der Waals surface area contributed by atoms with Crippen molar-refractivity contribution < 1.29 is 0 Å². The van der Waals surface area contributed by atoms with Crippen molar-refractivity contribution in [2.45, 2.75) is 32.7 Å². The highest BCUT2D eigenvalue weighted by molar-refractivity contribution is 6.35. The van der Waals surface area contributed by atoms with Crippen LogP contribution >= 0.6 is 23.2 Å². The van der Waals surface area contributed by atoms with E-state index in [9.17, 15) is 0 Å². The second kappa shape index (κ2) is 6.45. The Labute approximate surface area is 107 Å². The molecular weight excluding hydrogens is 243 g/mol. The molecule has 0 spiro atoms. The molecule has 3 N–H and O–H groups in total. The van der Waals surface area contributed by atoms with E-state index in [2.05, 4.69) is 19.3 Å². The van der Waals surface area contributed by atoms with Gasteiger partial charge in [0.15, 0.2) is 0 Å². The third kappa shape index (κ3) is 3.63. The van der Waals surface area contributed by atoms with Crippen LogP contribution in [0.2, 0.25) is 10.0 Å². The molecule has 0 fully saturated rings. The first kappa shape index (κ1) is 13.8. The van der Waals surface area contributed by atoms with Crippen molar-refractivity contribution in [3.8, 4) is 0 Å². The normalized spacial score (nSPS) is 14.8. The van der Waals surface area contributed by atoms with Crippen molar-refractivity contribution in [3.05, 3.63) is 33.8 Å². The fourth-order valence-corrected chi connectivity index (χ4v) is 2.18. The van der Waals surface area contributed by atoms with Crippen LogP contribution in [0.4, 0.5) is 0 Å². The molecular formula is C12H18Cl2N2. The summed E-state index contributed by atoms with van der Waals surface area (Å²) in [6, 6.07) is 5.60. The van der Waals surface area contributed by atoms with Crippen LogP contribution in [-0.2, 0) is 0 Å². The monoisotopic (exact) mass is 260 g/mol. The van der Waals surface area contributed by atoms with E-state index in [0.717, 1.165) is 18.4 Å².